The van der Waals surface area contributed by atoms with Crippen molar-refractivity contribution in [1.29, 1.82) is 0 Å². The Morgan fingerprint density at radius 2 is 2.18 bits per heavy atom. The topological polar surface area (TPSA) is 38.2 Å². The number of nitrogens with zero attached hydrogens (tertiary/aromatic N) is 3. The summed E-state index contributed by atoms with van der Waals surface area (Å²) in [7, 11) is 0. The van der Waals surface area contributed by atoms with E-state index in [2.05, 4.69) is 36.0 Å². The lowest BCUT2D eigenvalue weighted by Gasteiger charge is -2.32. The highest BCUT2D eigenvalue weighted by molar-refractivity contribution is 7.09. The molecule has 1 atom stereocenters. The Hall–Kier alpha value is -1.53. The summed E-state index contributed by atoms with van der Waals surface area (Å²) in [5.74, 6) is 0.464. The molecule has 0 amide bonds. The molecule has 1 aliphatic rings. The van der Waals surface area contributed by atoms with Gasteiger partial charge in [-0.3, -0.25) is 0 Å². The summed E-state index contributed by atoms with van der Waals surface area (Å²) in [6.45, 7) is 8.53. The molecule has 0 aliphatic carbocycles. The average Bonchev–Trinajstić information content (AvgIpc) is 2.98. The smallest absolute Gasteiger partial charge is 0.141 e. The first-order valence-electron chi connectivity index (χ1n) is 7.37. The summed E-state index contributed by atoms with van der Waals surface area (Å²) in [6, 6.07) is 3.15. The Bertz CT molecular complexity index is 636. The lowest BCUT2D eigenvalue weighted by atomic mass is 9.93. The third kappa shape index (κ3) is 3.28. The Labute approximate surface area is 134 Å². The van der Waals surface area contributed by atoms with E-state index in [0.717, 1.165) is 23.1 Å². The molecule has 0 spiro atoms. The SMILES string of the molecule is CC(C)(C)c1csc([C@@H]2CN(c3ccc(F)cn3)CCO2)n1. The van der Waals surface area contributed by atoms with Crippen molar-refractivity contribution in [1.82, 2.24) is 9.97 Å². The fourth-order valence-electron chi connectivity index (χ4n) is 2.34. The van der Waals surface area contributed by atoms with Gasteiger partial charge in [0.2, 0.25) is 0 Å². The molecule has 0 aromatic carbocycles. The molecule has 4 nitrogen and oxygen atoms in total. The quantitative estimate of drug-likeness (QED) is 0.848. The molecule has 22 heavy (non-hydrogen) atoms. The summed E-state index contributed by atoms with van der Waals surface area (Å²) >= 11 is 1.64. The molecular formula is C16H20FN3OS. The van der Waals surface area contributed by atoms with E-state index in [9.17, 15) is 4.39 Å². The zero-order valence-electron chi connectivity index (χ0n) is 13.0. The van der Waals surface area contributed by atoms with Gasteiger partial charge in [-0.2, -0.15) is 0 Å². The number of anilines is 1. The largest absolute Gasteiger partial charge is 0.367 e. The van der Waals surface area contributed by atoms with E-state index in [0.29, 0.717) is 13.2 Å². The van der Waals surface area contributed by atoms with Crippen LogP contribution in [0.5, 0.6) is 0 Å². The molecular weight excluding hydrogens is 301 g/mol. The maximum Gasteiger partial charge on any atom is 0.141 e. The Kier molecular flexibility index (Phi) is 4.14. The molecule has 0 radical (unpaired) electrons. The lowest BCUT2D eigenvalue weighted by Crippen LogP contribution is -2.38. The van der Waals surface area contributed by atoms with E-state index in [4.69, 9.17) is 9.72 Å². The van der Waals surface area contributed by atoms with Crippen LogP contribution in [0.25, 0.3) is 0 Å². The van der Waals surface area contributed by atoms with Gasteiger partial charge >= 0.3 is 0 Å². The predicted molar refractivity (Wildman–Crippen MR) is 85.9 cm³/mol. The van der Waals surface area contributed by atoms with Crippen molar-refractivity contribution in [2.24, 2.45) is 0 Å². The van der Waals surface area contributed by atoms with Gasteiger partial charge in [-0.1, -0.05) is 20.8 Å². The molecule has 0 N–H and O–H groups in total. The van der Waals surface area contributed by atoms with Crippen molar-refractivity contribution in [2.75, 3.05) is 24.6 Å². The van der Waals surface area contributed by atoms with Gasteiger partial charge in [0, 0.05) is 17.3 Å². The molecule has 2 aromatic rings. The minimum Gasteiger partial charge on any atom is -0.367 e. The van der Waals surface area contributed by atoms with Crippen molar-refractivity contribution >= 4 is 17.2 Å². The number of thiazole rings is 1. The highest BCUT2D eigenvalue weighted by Crippen LogP contribution is 2.31. The molecule has 3 rings (SSSR count). The Balaban J connectivity index is 1.75. The molecule has 0 unspecified atom stereocenters. The van der Waals surface area contributed by atoms with Crippen LogP contribution in [0.1, 0.15) is 37.6 Å². The molecule has 6 heteroatoms. The third-order valence-corrected chi connectivity index (χ3v) is 4.60. The molecule has 1 aliphatic heterocycles. The van der Waals surface area contributed by atoms with Crippen LogP contribution in [0.3, 0.4) is 0 Å². The average molecular weight is 321 g/mol. The first-order chi connectivity index (χ1) is 10.4. The van der Waals surface area contributed by atoms with Gasteiger partial charge in [0.1, 0.15) is 22.7 Å². The van der Waals surface area contributed by atoms with Crippen molar-refractivity contribution in [3.8, 4) is 0 Å². The Morgan fingerprint density at radius 1 is 1.36 bits per heavy atom. The highest BCUT2D eigenvalue weighted by Gasteiger charge is 2.27. The number of hydrogen-bond donors (Lipinski definition) is 0. The molecule has 1 fully saturated rings. The summed E-state index contributed by atoms with van der Waals surface area (Å²) in [6.07, 6.45) is 1.20. The zero-order valence-corrected chi connectivity index (χ0v) is 13.9. The molecule has 0 saturated carbocycles. The molecule has 0 bridgehead atoms. The van der Waals surface area contributed by atoms with Crippen LogP contribution < -0.4 is 4.90 Å². The van der Waals surface area contributed by atoms with E-state index < -0.39 is 0 Å². The van der Waals surface area contributed by atoms with Crippen LogP contribution in [0.15, 0.2) is 23.7 Å². The number of hydrogen-bond acceptors (Lipinski definition) is 5. The second-order valence-corrected chi connectivity index (χ2v) is 7.35. The zero-order chi connectivity index (χ0) is 15.7. The standard InChI is InChI=1S/C16H20FN3OS/c1-16(2,3)13-10-22-15(19-13)12-9-20(6-7-21-12)14-5-4-11(17)8-18-14/h4-5,8,10,12H,6-7,9H2,1-3H3/t12-/m0/s1. The van der Waals surface area contributed by atoms with Gasteiger partial charge in [0.05, 0.1) is 25.0 Å². The Morgan fingerprint density at radius 3 is 2.82 bits per heavy atom. The van der Waals surface area contributed by atoms with E-state index in [1.165, 1.54) is 12.3 Å². The van der Waals surface area contributed by atoms with E-state index >= 15 is 0 Å². The predicted octanol–water partition coefficient (Wildman–Crippen LogP) is 3.55. The maximum atomic E-state index is 13.0. The normalized spacial score (nSPS) is 19.5. The summed E-state index contributed by atoms with van der Waals surface area (Å²) in [4.78, 5) is 11.0. The van der Waals surface area contributed by atoms with Gasteiger partial charge in [-0.05, 0) is 12.1 Å². The van der Waals surface area contributed by atoms with Gasteiger partial charge in [0.25, 0.3) is 0 Å². The van der Waals surface area contributed by atoms with Crippen LogP contribution in [-0.2, 0) is 10.2 Å². The van der Waals surface area contributed by atoms with Crippen LogP contribution in [-0.4, -0.2) is 29.7 Å². The lowest BCUT2D eigenvalue weighted by molar-refractivity contribution is 0.0392. The van der Waals surface area contributed by atoms with E-state index in [1.807, 2.05) is 0 Å². The number of aromatic nitrogens is 2. The highest BCUT2D eigenvalue weighted by atomic mass is 32.1. The van der Waals surface area contributed by atoms with E-state index in [1.54, 1.807) is 17.4 Å². The van der Waals surface area contributed by atoms with Gasteiger partial charge in [-0.15, -0.1) is 11.3 Å². The van der Waals surface area contributed by atoms with Crippen LogP contribution >= 0.6 is 11.3 Å². The molecule has 118 valence electrons. The van der Waals surface area contributed by atoms with Crippen molar-refractivity contribution in [2.45, 2.75) is 32.3 Å². The number of pyridine rings is 1. The molecule has 1 saturated heterocycles. The fourth-order valence-corrected chi connectivity index (χ4v) is 3.43. The number of halogens is 1. The van der Waals surface area contributed by atoms with Gasteiger partial charge in [-0.25, -0.2) is 14.4 Å². The fraction of sp³-hybridized carbons (Fsp3) is 0.500. The number of rotatable bonds is 2. The molecule has 2 aromatic heterocycles. The van der Waals surface area contributed by atoms with Crippen LogP contribution in [0.2, 0.25) is 0 Å². The molecule has 3 heterocycles. The van der Waals surface area contributed by atoms with Crippen molar-refractivity contribution in [3.63, 3.8) is 0 Å². The second kappa shape index (κ2) is 5.93. The van der Waals surface area contributed by atoms with Crippen molar-refractivity contribution in [3.05, 3.63) is 40.2 Å². The number of ether oxygens (including phenoxy) is 1. The van der Waals surface area contributed by atoms with Crippen LogP contribution in [0, 0.1) is 5.82 Å². The number of morpholine rings is 1. The summed E-state index contributed by atoms with van der Waals surface area (Å²) in [5, 5.41) is 3.10. The first-order valence-corrected chi connectivity index (χ1v) is 8.25. The minimum atomic E-state index is -0.316. The summed E-state index contributed by atoms with van der Waals surface area (Å²) < 4.78 is 18.9. The maximum absolute atomic E-state index is 13.0. The van der Waals surface area contributed by atoms with Gasteiger partial charge in [0.15, 0.2) is 0 Å². The third-order valence-electron chi connectivity index (χ3n) is 3.67. The monoisotopic (exact) mass is 321 g/mol. The van der Waals surface area contributed by atoms with Crippen molar-refractivity contribution < 1.29 is 9.13 Å². The minimum absolute atomic E-state index is 0.0433. The summed E-state index contributed by atoms with van der Waals surface area (Å²) in [5.41, 5.74) is 1.13. The van der Waals surface area contributed by atoms with E-state index in [-0.39, 0.29) is 17.3 Å². The second-order valence-electron chi connectivity index (χ2n) is 6.46. The first kappa shape index (κ1) is 15.4. The van der Waals surface area contributed by atoms with Gasteiger partial charge < -0.3 is 9.64 Å². The van der Waals surface area contributed by atoms with Crippen LogP contribution in [0.4, 0.5) is 10.2 Å².